The lowest BCUT2D eigenvalue weighted by Crippen LogP contribution is -2.21. The lowest BCUT2D eigenvalue weighted by molar-refractivity contribution is -0.118. The van der Waals surface area contributed by atoms with Gasteiger partial charge < -0.3 is 14.8 Å². The predicted molar refractivity (Wildman–Crippen MR) is 121 cm³/mol. The minimum atomic E-state index is -0.473. The molecule has 3 rings (SSSR count). The van der Waals surface area contributed by atoms with Gasteiger partial charge in [-0.05, 0) is 50.1 Å². The third-order valence-corrected chi connectivity index (χ3v) is 5.70. The monoisotopic (exact) mass is 443 g/mol. The smallest absolute Gasteiger partial charge is 0.341 e. The van der Waals surface area contributed by atoms with Gasteiger partial charge in [-0.1, -0.05) is 41.4 Å². The summed E-state index contributed by atoms with van der Waals surface area (Å²) < 4.78 is 10.8. The maximum atomic E-state index is 12.6. The summed E-state index contributed by atoms with van der Waals surface area (Å²) in [6.45, 7) is 5.65. The van der Waals surface area contributed by atoms with E-state index in [1.165, 1.54) is 11.3 Å². The fourth-order valence-electron chi connectivity index (χ4n) is 2.82. The van der Waals surface area contributed by atoms with Crippen LogP contribution >= 0.6 is 22.9 Å². The molecule has 0 fully saturated rings. The molecular weight excluding hydrogens is 422 g/mol. The zero-order chi connectivity index (χ0) is 21.7. The summed E-state index contributed by atoms with van der Waals surface area (Å²) in [6.07, 6.45) is 0. The first-order chi connectivity index (χ1) is 14.4. The summed E-state index contributed by atoms with van der Waals surface area (Å²) in [4.78, 5) is 25.1. The highest BCUT2D eigenvalue weighted by Gasteiger charge is 2.23. The van der Waals surface area contributed by atoms with Gasteiger partial charge in [-0.15, -0.1) is 11.3 Å². The topological polar surface area (TPSA) is 64.6 Å². The standard InChI is InChI=1S/C23H22ClNO4S/c1-4-28-23(27)21-18(16-7-5-14(2)6-8-16)13-30-22(21)25-20(26)12-29-17-9-10-19(24)15(3)11-17/h5-11,13H,4,12H2,1-3H3,(H,25,26). The van der Waals surface area contributed by atoms with Crippen LogP contribution in [0.25, 0.3) is 11.1 Å². The number of benzene rings is 2. The van der Waals surface area contributed by atoms with Crippen LogP contribution in [-0.4, -0.2) is 25.1 Å². The first-order valence-corrected chi connectivity index (χ1v) is 10.7. The Morgan fingerprint density at radius 2 is 1.83 bits per heavy atom. The number of amides is 1. The lowest BCUT2D eigenvalue weighted by Gasteiger charge is -2.10. The molecular formula is C23H22ClNO4S. The summed E-state index contributed by atoms with van der Waals surface area (Å²) in [6, 6.07) is 13.0. The molecule has 30 heavy (non-hydrogen) atoms. The van der Waals surface area contributed by atoms with E-state index in [2.05, 4.69) is 5.32 Å². The molecule has 1 N–H and O–H groups in total. The molecule has 0 saturated heterocycles. The van der Waals surface area contributed by atoms with Crippen molar-refractivity contribution >= 4 is 39.8 Å². The lowest BCUT2D eigenvalue weighted by atomic mass is 10.0. The van der Waals surface area contributed by atoms with Crippen LogP contribution in [-0.2, 0) is 9.53 Å². The second-order valence-corrected chi connectivity index (χ2v) is 7.97. The molecule has 0 radical (unpaired) electrons. The van der Waals surface area contributed by atoms with Crippen molar-refractivity contribution in [3.8, 4) is 16.9 Å². The number of aryl methyl sites for hydroxylation is 2. The molecule has 0 spiro atoms. The zero-order valence-corrected chi connectivity index (χ0v) is 18.5. The highest BCUT2D eigenvalue weighted by Crippen LogP contribution is 2.36. The van der Waals surface area contributed by atoms with E-state index in [0.29, 0.717) is 21.3 Å². The predicted octanol–water partition coefficient (Wildman–Crippen LogP) is 5.88. The number of anilines is 1. The van der Waals surface area contributed by atoms with E-state index in [1.54, 1.807) is 25.1 Å². The molecule has 0 saturated carbocycles. The maximum Gasteiger partial charge on any atom is 0.341 e. The van der Waals surface area contributed by atoms with Crippen molar-refractivity contribution in [2.45, 2.75) is 20.8 Å². The molecule has 0 bridgehead atoms. The van der Waals surface area contributed by atoms with Crippen molar-refractivity contribution < 1.29 is 19.1 Å². The molecule has 0 unspecified atom stereocenters. The Balaban J connectivity index is 1.78. The Labute approximate surface area is 184 Å². The first kappa shape index (κ1) is 21.9. The highest BCUT2D eigenvalue weighted by atomic mass is 35.5. The molecule has 0 aliphatic heterocycles. The normalized spacial score (nSPS) is 10.5. The van der Waals surface area contributed by atoms with Gasteiger partial charge in [0.15, 0.2) is 6.61 Å². The van der Waals surface area contributed by atoms with Crippen LogP contribution in [0.5, 0.6) is 5.75 Å². The van der Waals surface area contributed by atoms with Crippen LogP contribution in [0.4, 0.5) is 5.00 Å². The highest BCUT2D eigenvalue weighted by molar-refractivity contribution is 7.15. The molecule has 0 aliphatic carbocycles. The number of rotatable bonds is 7. The molecule has 0 aliphatic rings. The molecule has 0 atom stereocenters. The SMILES string of the molecule is CCOC(=O)c1c(-c2ccc(C)cc2)csc1NC(=O)COc1ccc(Cl)c(C)c1. The Kier molecular flexibility index (Phi) is 7.13. The van der Waals surface area contributed by atoms with Crippen LogP contribution < -0.4 is 10.1 Å². The fraction of sp³-hybridized carbons (Fsp3) is 0.217. The minimum absolute atomic E-state index is 0.193. The molecule has 7 heteroatoms. The van der Waals surface area contributed by atoms with Gasteiger partial charge in [-0.3, -0.25) is 4.79 Å². The quantitative estimate of drug-likeness (QED) is 0.463. The minimum Gasteiger partial charge on any atom is -0.484 e. The molecule has 1 aromatic heterocycles. The number of esters is 1. The number of thiophene rings is 1. The number of carbonyl (C=O) groups excluding carboxylic acids is 2. The Hall–Kier alpha value is -2.83. The van der Waals surface area contributed by atoms with Gasteiger partial charge in [0.1, 0.15) is 16.3 Å². The molecule has 156 valence electrons. The van der Waals surface area contributed by atoms with E-state index >= 15 is 0 Å². The van der Waals surface area contributed by atoms with Gasteiger partial charge in [0, 0.05) is 16.0 Å². The average molecular weight is 444 g/mol. The molecule has 2 aromatic carbocycles. The van der Waals surface area contributed by atoms with E-state index in [0.717, 1.165) is 22.3 Å². The van der Waals surface area contributed by atoms with Crippen molar-refractivity contribution in [1.82, 2.24) is 0 Å². The van der Waals surface area contributed by atoms with Crippen molar-refractivity contribution in [3.63, 3.8) is 0 Å². The van der Waals surface area contributed by atoms with Gasteiger partial charge >= 0.3 is 5.97 Å². The van der Waals surface area contributed by atoms with Crippen LogP contribution in [0.15, 0.2) is 47.8 Å². The van der Waals surface area contributed by atoms with E-state index < -0.39 is 5.97 Å². The fourth-order valence-corrected chi connectivity index (χ4v) is 3.91. The Morgan fingerprint density at radius 3 is 2.50 bits per heavy atom. The average Bonchev–Trinajstić information content (AvgIpc) is 3.13. The van der Waals surface area contributed by atoms with Crippen LogP contribution in [0.3, 0.4) is 0 Å². The summed E-state index contributed by atoms with van der Waals surface area (Å²) in [5.41, 5.74) is 3.94. The van der Waals surface area contributed by atoms with Crippen LogP contribution in [0.2, 0.25) is 5.02 Å². The summed E-state index contributed by atoms with van der Waals surface area (Å²) in [7, 11) is 0. The number of hydrogen-bond donors (Lipinski definition) is 1. The number of hydrogen-bond acceptors (Lipinski definition) is 5. The van der Waals surface area contributed by atoms with Crippen LogP contribution in [0.1, 0.15) is 28.4 Å². The van der Waals surface area contributed by atoms with Gasteiger partial charge in [0.05, 0.1) is 6.61 Å². The van der Waals surface area contributed by atoms with E-state index in [4.69, 9.17) is 21.1 Å². The van der Waals surface area contributed by atoms with E-state index in [9.17, 15) is 9.59 Å². The van der Waals surface area contributed by atoms with Gasteiger partial charge in [-0.2, -0.15) is 0 Å². The third-order valence-electron chi connectivity index (χ3n) is 4.39. The van der Waals surface area contributed by atoms with E-state index in [-0.39, 0.29) is 19.1 Å². The summed E-state index contributed by atoms with van der Waals surface area (Å²) >= 11 is 7.29. The number of ether oxygens (including phenoxy) is 2. The Morgan fingerprint density at radius 1 is 1.10 bits per heavy atom. The second kappa shape index (κ2) is 9.78. The molecule has 1 amide bonds. The zero-order valence-electron chi connectivity index (χ0n) is 17.0. The van der Waals surface area contributed by atoms with E-state index in [1.807, 2.05) is 43.5 Å². The van der Waals surface area contributed by atoms with Crippen molar-refractivity contribution in [3.05, 3.63) is 69.6 Å². The van der Waals surface area contributed by atoms with Crippen molar-refractivity contribution in [2.24, 2.45) is 0 Å². The maximum absolute atomic E-state index is 12.6. The Bertz CT molecular complexity index is 1060. The first-order valence-electron chi connectivity index (χ1n) is 9.43. The summed E-state index contributed by atoms with van der Waals surface area (Å²) in [5, 5.41) is 5.69. The van der Waals surface area contributed by atoms with Crippen molar-refractivity contribution in [2.75, 3.05) is 18.5 Å². The third kappa shape index (κ3) is 5.20. The number of halogens is 1. The second-order valence-electron chi connectivity index (χ2n) is 6.69. The van der Waals surface area contributed by atoms with Gasteiger partial charge in [0.2, 0.25) is 0 Å². The van der Waals surface area contributed by atoms with Gasteiger partial charge in [-0.25, -0.2) is 4.79 Å². The summed E-state index contributed by atoms with van der Waals surface area (Å²) in [5.74, 6) is -0.298. The van der Waals surface area contributed by atoms with Crippen LogP contribution in [0, 0.1) is 13.8 Å². The number of carbonyl (C=O) groups is 2. The molecule has 5 nitrogen and oxygen atoms in total. The number of nitrogens with one attached hydrogen (secondary N) is 1. The van der Waals surface area contributed by atoms with Gasteiger partial charge in [0.25, 0.3) is 5.91 Å². The molecule has 3 aromatic rings. The molecule has 1 heterocycles. The largest absolute Gasteiger partial charge is 0.484 e. The van der Waals surface area contributed by atoms with Crippen molar-refractivity contribution in [1.29, 1.82) is 0 Å².